The van der Waals surface area contributed by atoms with Crippen LogP contribution in [0.2, 0.25) is 0 Å². The van der Waals surface area contributed by atoms with Crippen LogP contribution in [0.3, 0.4) is 0 Å². The van der Waals surface area contributed by atoms with Gasteiger partial charge in [-0.1, -0.05) is 0 Å². The summed E-state index contributed by atoms with van der Waals surface area (Å²) in [5.41, 5.74) is 5.58. The zero-order valence-electron chi connectivity index (χ0n) is 7.60. The number of carbonyl (C=O) groups excluding carboxylic acids is 1. The number of hydrogen-bond donors (Lipinski definition) is 2. The second-order valence-electron chi connectivity index (χ2n) is 3.58. The molecule has 0 aromatic rings. The van der Waals surface area contributed by atoms with Gasteiger partial charge in [0.2, 0.25) is 0 Å². The molecule has 1 aliphatic carbocycles. The first-order valence-corrected chi connectivity index (χ1v) is 4.53. The van der Waals surface area contributed by atoms with E-state index in [-0.39, 0.29) is 12.1 Å². The Labute approximate surface area is 79.8 Å². The fraction of sp³-hybridized carbons (Fsp3) is 0.875. The monoisotopic (exact) mass is 210 g/mol. The summed E-state index contributed by atoms with van der Waals surface area (Å²) in [4.78, 5) is 10.5. The van der Waals surface area contributed by atoms with Crippen molar-refractivity contribution < 1.29 is 18.0 Å². The number of nitrogens with one attached hydrogen (secondary N) is 1. The lowest BCUT2D eigenvalue weighted by molar-refractivity contribution is -0.174. The van der Waals surface area contributed by atoms with Crippen molar-refractivity contribution in [2.45, 2.75) is 43.9 Å². The molecule has 1 fully saturated rings. The molecule has 1 saturated carbocycles. The molecule has 6 heteroatoms. The van der Waals surface area contributed by atoms with Crippen LogP contribution in [-0.4, -0.2) is 24.2 Å². The van der Waals surface area contributed by atoms with Crippen molar-refractivity contribution in [2.75, 3.05) is 0 Å². The smallest absolute Gasteiger partial charge is 0.346 e. The second-order valence-corrected chi connectivity index (χ2v) is 3.58. The fourth-order valence-electron chi connectivity index (χ4n) is 1.53. The largest absolute Gasteiger partial charge is 0.471 e. The molecule has 0 heterocycles. The quantitative estimate of drug-likeness (QED) is 0.676. The first-order valence-electron chi connectivity index (χ1n) is 4.53. The van der Waals surface area contributed by atoms with Crippen molar-refractivity contribution in [2.24, 2.45) is 5.73 Å². The van der Waals surface area contributed by atoms with E-state index in [4.69, 9.17) is 5.73 Å². The van der Waals surface area contributed by atoms with Gasteiger partial charge in [-0.3, -0.25) is 4.79 Å². The number of halogens is 3. The summed E-state index contributed by atoms with van der Waals surface area (Å²) < 4.78 is 35.5. The van der Waals surface area contributed by atoms with Crippen molar-refractivity contribution in [1.82, 2.24) is 5.32 Å². The van der Waals surface area contributed by atoms with E-state index in [1.54, 1.807) is 0 Å². The van der Waals surface area contributed by atoms with E-state index >= 15 is 0 Å². The minimum absolute atomic E-state index is 0.0639. The van der Waals surface area contributed by atoms with Crippen LogP contribution in [0.4, 0.5) is 13.2 Å². The maximum atomic E-state index is 11.8. The lowest BCUT2D eigenvalue weighted by Gasteiger charge is -2.26. The van der Waals surface area contributed by atoms with E-state index < -0.39 is 12.1 Å². The minimum atomic E-state index is -4.78. The van der Waals surface area contributed by atoms with E-state index in [0.29, 0.717) is 25.7 Å². The maximum absolute atomic E-state index is 11.8. The molecule has 0 unspecified atom stereocenters. The predicted octanol–water partition coefficient (Wildman–Crippen LogP) is 0.935. The van der Waals surface area contributed by atoms with Gasteiger partial charge in [0.1, 0.15) is 0 Å². The van der Waals surface area contributed by atoms with Crippen molar-refractivity contribution in [3.8, 4) is 0 Å². The van der Waals surface area contributed by atoms with E-state index in [1.165, 1.54) is 0 Å². The van der Waals surface area contributed by atoms with Gasteiger partial charge in [-0.15, -0.1) is 0 Å². The average molecular weight is 210 g/mol. The molecule has 0 aromatic heterocycles. The number of carbonyl (C=O) groups is 1. The molecular weight excluding hydrogens is 197 g/mol. The van der Waals surface area contributed by atoms with Crippen LogP contribution in [0.1, 0.15) is 25.7 Å². The fourth-order valence-corrected chi connectivity index (χ4v) is 1.53. The van der Waals surface area contributed by atoms with Crippen molar-refractivity contribution >= 4 is 5.91 Å². The summed E-state index contributed by atoms with van der Waals surface area (Å²) in [5.74, 6) is -1.85. The van der Waals surface area contributed by atoms with Crippen molar-refractivity contribution in [3.63, 3.8) is 0 Å². The average Bonchev–Trinajstić information content (AvgIpc) is 2.07. The van der Waals surface area contributed by atoms with Crippen molar-refractivity contribution in [1.29, 1.82) is 0 Å². The lowest BCUT2D eigenvalue weighted by atomic mass is 9.92. The highest BCUT2D eigenvalue weighted by atomic mass is 19.4. The molecule has 82 valence electrons. The number of rotatable bonds is 1. The Morgan fingerprint density at radius 2 is 1.71 bits per heavy atom. The molecule has 0 spiro atoms. The second kappa shape index (κ2) is 4.16. The highest BCUT2D eigenvalue weighted by Crippen LogP contribution is 2.20. The first kappa shape index (κ1) is 11.3. The van der Waals surface area contributed by atoms with Crippen LogP contribution in [0, 0.1) is 0 Å². The molecule has 0 aromatic carbocycles. The number of amides is 1. The van der Waals surface area contributed by atoms with Gasteiger partial charge in [0.15, 0.2) is 0 Å². The van der Waals surface area contributed by atoms with Gasteiger partial charge in [-0.2, -0.15) is 13.2 Å². The van der Waals surface area contributed by atoms with Crippen LogP contribution in [-0.2, 0) is 4.79 Å². The third-order valence-corrected chi connectivity index (χ3v) is 2.36. The minimum Gasteiger partial charge on any atom is -0.346 e. The third kappa shape index (κ3) is 3.17. The number of alkyl halides is 3. The standard InChI is InChI=1S/C8H13F3N2O/c9-8(10,11)7(14)13-6-3-1-5(12)2-4-6/h5-6H,1-4,12H2,(H,13,14)/t5-,6+. The van der Waals surface area contributed by atoms with Crippen LogP contribution >= 0.6 is 0 Å². The van der Waals surface area contributed by atoms with Crippen LogP contribution < -0.4 is 11.1 Å². The maximum Gasteiger partial charge on any atom is 0.471 e. The lowest BCUT2D eigenvalue weighted by Crippen LogP contribution is -2.45. The van der Waals surface area contributed by atoms with Gasteiger partial charge in [0, 0.05) is 12.1 Å². The topological polar surface area (TPSA) is 55.1 Å². The van der Waals surface area contributed by atoms with Gasteiger partial charge in [0.25, 0.3) is 0 Å². The molecule has 0 saturated heterocycles. The van der Waals surface area contributed by atoms with Gasteiger partial charge >= 0.3 is 12.1 Å². The Morgan fingerprint density at radius 3 is 2.14 bits per heavy atom. The van der Waals surface area contributed by atoms with Crippen LogP contribution in [0.5, 0.6) is 0 Å². The Bertz CT molecular complexity index is 209. The Morgan fingerprint density at radius 1 is 1.21 bits per heavy atom. The Balaban J connectivity index is 2.35. The zero-order valence-corrected chi connectivity index (χ0v) is 7.60. The zero-order chi connectivity index (χ0) is 10.8. The highest BCUT2D eigenvalue weighted by Gasteiger charge is 2.39. The summed E-state index contributed by atoms with van der Waals surface area (Å²) in [6.07, 6.45) is -2.38. The summed E-state index contributed by atoms with van der Waals surface area (Å²) in [7, 11) is 0. The van der Waals surface area contributed by atoms with Crippen molar-refractivity contribution in [3.05, 3.63) is 0 Å². The van der Waals surface area contributed by atoms with Crippen LogP contribution in [0.25, 0.3) is 0 Å². The van der Waals surface area contributed by atoms with E-state index in [0.717, 1.165) is 0 Å². The molecule has 0 atom stereocenters. The molecule has 0 aliphatic heterocycles. The summed E-state index contributed by atoms with van der Waals surface area (Å²) in [6.45, 7) is 0. The molecule has 0 radical (unpaired) electrons. The highest BCUT2D eigenvalue weighted by molar-refractivity contribution is 5.81. The molecule has 1 amide bonds. The number of nitrogens with two attached hydrogens (primary N) is 1. The molecule has 0 bridgehead atoms. The molecule has 14 heavy (non-hydrogen) atoms. The van der Waals surface area contributed by atoms with E-state index in [1.807, 2.05) is 5.32 Å². The van der Waals surface area contributed by atoms with Gasteiger partial charge < -0.3 is 11.1 Å². The van der Waals surface area contributed by atoms with Gasteiger partial charge in [-0.05, 0) is 25.7 Å². The molecule has 1 aliphatic rings. The van der Waals surface area contributed by atoms with E-state index in [2.05, 4.69) is 0 Å². The Kier molecular flexibility index (Phi) is 3.36. The van der Waals surface area contributed by atoms with Crippen LogP contribution in [0.15, 0.2) is 0 Å². The van der Waals surface area contributed by atoms with Gasteiger partial charge in [0.05, 0.1) is 0 Å². The molecule has 3 N–H and O–H groups in total. The third-order valence-electron chi connectivity index (χ3n) is 2.36. The summed E-state index contributed by atoms with van der Waals surface area (Å²) in [6, 6.07) is -0.307. The SMILES string of the molecule is N[C@H]1CC[C@@H](NC(=O)C(F)(F)F)CC1. The van der Waals surface area contributed by atoms with E-state index in [9.17, 15) is 18.0 Å². The normalized spacial score (nSPS) is 28.6. The first-order chi connectivity index (χ1) is 6.39. The number of hydrogen-bond acceptors (Lipinski definition) is 2. The summed E-state index contributed by atoms with van der Waals surface area (Å²) >= 11 is 0. The predicted molar refractivity (Wildman–Crippen MR) is 44.4 cm³/mol. The Hall–Kier alpha value is -0.780. The molecule has 1 rings (SSSR count). The summed E-state index contributed by atoms with van der Waals surface area (Å²) in [5, 5.41) is 1.96. The van der Waals surface area contributed by atoms with Gasteiger partial charge in [-0.25, -0.2) is 0 Å². The molecular formula is C8H13F3N2O. The molecule has 3 nitrogen and oxygen atoms in total.